The maximum atomic E-state index is 11.9. The first-order chi connectivity index (χ1) is 10.2. The number of carbonyl (C=O) groups excluding carboxylic acids is 1. The van der Waals surface area contributed by atoms with Gasteiger partial charge in [0.15, 0.2) is 0 Å². The van der Waals surface area contributed by atoms with Crippen molar-refractivity contribution in [2.45, 2.75) is 19.9 Å². The van der Waals surface area contributed by atoms with Gasteiger partial charge in [0.1, 0.15) is 11.6 Å². The van der Waals surface area contributed by atoms with Crippen LogP contribution in [-0.2, 0) is 17.8 Å². The van der Waals surface area contributed by atoms with Gasteiger partial charge in [-0.2, -0.15) is 0 Å². The van der Waals surface area contributed by atoms with Crippen LogP contribution in [0.25, 0.3) is 0 Å². The topological polar surface area (TPSA) is 77.2 Å². The van der Waals surface area contributed by atoms with E-state index in [-0.39, 0.29) is 5.91 Å². The van der Waals surface area contributed by atoms with Crippen LogP contribution in [0.2, 0.25) is 0 Å². The number of nitrogens with zero attached hydrogens (tertiary/aromatic N) is 1. The summed E-state index contributed by atoms with van der Waals surface area (Å²) in [7, 11) is 0. The van der Waals surface area contributed by atoms with Gasteiger partial charge < -0.3 is 15.8 Å². The molecular weight excluding hydrogens is 266 g/mol. The van der Waals surface area contributed by atoms with E-state index in [2.05, 4.69) is 10.3 Å². The fourth-order valence-electron chi connectivity index (χ4n) is 1.86. The number of carbonyl (C=O) groups is 1. The third-order valence-electron chi connectivity index (χ3n) is 2.93. The average Bonchev–Trinajstić information content (AvgIpc) is 2.50. The van der Waals surface area contributed by atoms with Crippen LogP contribution in [-0.4, -0.2) is 17.5 Å². The first kappa shape index (κ1) is 15.0. The number of anilines is 1. The zero-order chi connectivity index (χ0) is 15.1. The molecule has 0 radical (unpaired) electrons. The second-order valence-corrected chi connectivity index (χ2v) is 4.56. The Labute approximate surface area is 124 Å². The molecule has 5 heteroatoms. The summed E-state index contributed by atoms with van der Waals surface area (Å²) in [5.74, 6) is 1.23. The molecule has 0 saturated heterocycles. The van der Waals surface area contributed by atoms with Crippen molar-refractivity contribution >= 4 is 11.7 Å². The van der Waals surface area contributed by atoms with Crippen molar-refractivity contribution in [3.05, 3.63) is 53.7 Å². The maximum absolute atomic E-state index is 11.9. The summed E-state index contributed by atoms with van der Waals surface area (Å²) in [4.78, 5) is 16.1. The van der Waals surface area contributed by atoms with Gasteiger partial charge in [-0.25, -0.2) is 4.98 Å². The van der Waals surface area contributed by atoms with E-state index in [1.54, 1.807) is 12.3 Å². The molecule has 2 rings (SSSR count). The number of rotatable bonds is 6. The lowest BCUT2D eigenvalue weighted by Crippen LogP contribution is -2.15. The normalized spacial score (nSPS) is 10.2. The Balaban J connectivity index is 1.91. The molecular formula is C16H19N3O2. The standard InChI is InChI=1S/C16H19N3O2/c1-2-21-14-6-3-12(4-7-14)9-16(20)19-15-8-5-13(10-17)11-18-15/h3-8,11H,2,9-10,17H2,1H3,(H,18,19,20). The summed E-state index contributed by atoms with van der Waals surface area (Å²) in [5.41, 5.74) is 7.36. The number of ether oxygens (including phenoxy) is 1. The molecule has 2 aromatic rings. The smallest absolute Gasteiger partial charge is 0.229 e. The fraction of sp³-hybridized carbons (Fsp3) is 0.250. The van der Waals surface area contributed by atoms with Gasteiger partial charge in [0.05, 0.1) is 13.0 Å². The zero-order valence-electron chi connectivity index (χ0n) is 12.0. The van der Waals surface area contributed by atoms with Crippen LogP contribution in [0, 0.1) is 0 Å². The van der Waals surface area contributed by atoms with E-state index >= 15 is 0 Å². The summed E-state index contributed by atoms with van der Waals surface area (Å²) >= 11 is 0. The van der Waals surface area contributed by atoms with Crippen molar-refractivity contribution in [3.8, 4) is 5.75 Å². The molecule has 110 valence electrons. The van der Waals surface area contributed by atoms with E-state index < -0.39 is 0 Å². The van der Waals surface area contributed by atoms with E-state index in [0.29, 0.717) is 25.4 Å². The number of benzene rings is 1. The lowest BCUT2D eigenvalue weighted by Gasteiger charge is -2.06. The first-order valence-corrected chi connectivity index (χ1v) is 6.88. The van der Waals surface area contributed by atoms with E-state index in [9.17, 15) is 4.79 Å². The van der Waals surface area contributed by atoms with Gasteiger partial charge in [0.2, 0.25) is 5.91 Å². The van der Waals surface area contributed by atoms with E-state index in [1.165, 1.54) is 0 Å². The summed E-state index contributed by atoms with van der Waals surface area (Å²) in [5, 5.41) is 2.76. The molecule has 0 spiro atoms. The highest BCUT2D eigenvalue weighted by molar-refractivity contribution is 5.91. The zero-order valence-corrected chi connectivity index (χ0v) is 12.0. The maximum Gasteiger partial charge on any atom is 0.229 e. The lowest BCUT2D eigenvalue weighted by atomic mass is 10.1. The molecule has 0 bridgehead atoms. The van der Waals surface area contributed by atoms with Crippen LogP contribution in [0.4, 0.5) is 5.82 Å². The highest BCUT2D eigenvalue weighted by atomic mass is 16.5. The molecule has 0 saturated carbocycles. The molecule has 0 aliphatic heterocycles. The van der Waals surface area contributed by atoms with Crippen LogP contribution in [0.1, 0.15) is 18.1 Å². The summed E-state index contributed by atoms with van der Waals surface area (Å²) in [6.07, 6.45) is 1.96. The second kappa shape index (κ2) is 7.40. The molecule has 3 N–H and O–H groups in total. The van der Waals surface area contributed by atoms with Crippen molar-refractivity contribution in [3.63, 3.8) is 0 Å². The molecule has 5 nitrogen and oxygen atoms in total. The number of pyridine rings is 1. The van der Waals surface area contributed by atoms with Gasteiger partial charge in [-0.3, -0.25) is 4.79 Å². The van der Waals surface area contributed by atoms with Crippen LogP contribution in [0.5, 0.6) is 5.75 Å². The van der Waals surface area contributed by atoms with Gasteiger partial charge in [0, 0.05) is 12.7 Å². The summed E-state index contributed by atoms with van der Waals surface area (Å²) in [6.45, 7) is 3.00. The number of aromatic nitrogens is 1. The van der Waals surface area contributed by atoms with Gasteiger partial charge >= 0.3 is 0 Å². The largest absolute Gasteiger partial charge is 0.494 e. The summed E-state index contributed by atoms with van der Waals surface area (Å²) < 4.78 is 5.36. The Kier molecular flexibility index (Phi) is 5.29. The van der Waals surface area contributed by atoms with Crippen molar-refractivity contribution in [1.82, 2.24) is 4.98 Å². The number of amides is 1. The Morgan fingerprint density at radius 2 is 1.90 bits per heavy atom. The number of hydrogen-bond donors (Lipinski definition) is 2. The molecule has 0 atom stereocenters. The molecule has 1 amide bonds. The molecule has 21 heavy (non-hydrogen) atoms. The van der Waals surface area contributed by atoms with E-state index in [4.69, 9.17) is 10.5 Å². The molecule has 1 aromatic heterocycles. The van der Waals surface area contributed by atoms with Gasteiger partial charge in [-0.15, -0.1) is 0 Å². The Bertz CT molecular complexity index is 579. The first-order valence-electron chi connectivity index (χ1n) is 6.88. The van der Waals surface area contributed by atoms with Gasteiger partial charge in [-0.1, -0.05) is 18.2 Å². The number of nitrogens with one attached hydrogen (secondary N) is 1. The molecule has 1 aromatic carbocycles. The van der Waals surface area contributed by atoms with Crippen molar-refractivity contribution in [1.29, 1.82) is 0 Å². The highest BCUT2D eigenvalue weighted by Gasteiger charge is 2.05. The Morgan fingerprint density at radius 3 is 2.48 bits per heavy atom. The van der Waals surface area contributed by atoms with Gasteiger partial charge in [0.25, 0.3) is 0 Å². The minimum absolute atomic E-state index is 0.104. The number of nitrogens with two attached hydrogens (primary N) is 1. The molecule has 1 heterocycles. The molecule has 0 unspecified atom stereocenters. The SMILES string of the molecule is CCOc1ccc(CC(=O)Nc2ccc(CN)cn2)cc1. The third kappa shape index (κ3) is 4.57. The van der Waals surface area contributed by atoms with Crippen LogP contribution >= 0.6 is 0 Å². The van der Waals surface area contributed by atoms with Crippen LogP contribution in [0.3, 0.4) is 0 Å². The van der Waals surface area contributed by atoms with Crippen molar-refractivity contribution < 1.29 is 9.53 Å². The van der Waals surface area contributed by atoms with E-state index in [1.807, 2.05) is 37.3 Å². The monoisotopic (exact) mass is 285 g/mol. The fourth-order valence-corrected chi connectivity index (χ4v) is 1.86. The van der Waals surface area contributed by atoms with Crippen molar-refractivity contribution in [2.75, 3.05) is 11.9 Å². The molecule has 0 aliphatic carbocycles. The second-order valence-electron chi connectivity index (χ2n) is 4.56. The number of hydrogen-bond acceptors (Lipinski definition) is 4. The predicted molar refractivity (Wildman–Crippen MR) is 82.1 cm³/mol. The highest BCUT2D eigenvalue weighted by Crippen LogP contribution is 2.13. The van der Waals surface area contributed by atoms with Crippen LogP contribution in [0.15, 0.2) is 42.6 Å². The van der Waals surface area contributed by atoms with Gasteiger partial charge in [-0.05, 0) is 36.2 Å². The average molecular weight is 285 g/mol. The third-order valence-corrected chi connectivity index (χ3v) is 2.93. The van der Waals surface area contributed by atoms with Crippen molar-refractivity contribution in [2.24, 2.45) is 5.73 Å². The van der Waals surface area contributed by atoms with E-state index in [0.717, 1.165) is 16.9 Å². The minimum atomic E-state index is -0.104. The molecule has 0 fully saturated rings. The summed E-state index contributed by atoms with van der Waals surface area (Å²) in [6, 6.07) is 11.1. The van der Waals surface area contributed by atoms with Crippen LogP contribution < -0.4 is 15.8 Å². The Hall–Kier alpha value is -2.40. The Morgan fingerprint density at radius 1 is 1.19 bits per heavy atom. The predicted octanol–water partition coefficient (Wildman–Crippen LogP) is 2.12. The lowest BCUT2D eigenvalue weighted by molar-refractivity contribution is -0.115. The quantitative estimate of drug-likeness (QED) is 0.852. The molecule has 0 aliphatic rings. The minimum Gasteiger partial charge on any atom is -0.494 e.